The molecule has 20 heavy (non-hydrogen) atoms. The molecular weight excluding hydrogens is 318 g/mol. The maximum Gasteiger partial charge on any atom is 0.137 e. The molecule has 102 valence electrons. The van der Waals surface area contributed by atoms with Crippen LogP contribution in [0.2, 0.25) is 0 Å². The number of halogens is 1. The molecule has 0 aromatic heterocycles. The number of nitrogens with zero attached hydrogens (tertiary/aromatic N) is 1. The summed E-state index contributed by atoms with van der Waals surface area (Å²) >= 11 is 3.42. The third kappa shape index (κ3) is 3.31. The molecule has 2 rings (SSSR count). The van der Waals surface area contributed by atoms with Crippen molar-refractivity contribution in [2.75, 3.05) is 7.11 Å². The fourth-order valence-corrected chi connectivity index (χ4v) is 2.33. The quantitative estimate of drug-likeness (QED) is 0.842. The van der Waals surface area contributed by atoms with Crippen molar-refractivity contribution >= 4 is 15.9 Å². The van der Waals surface area contributed by atoms with Crippen molar-refractivity contribution in [3.8, 4) is 17.6 Å². The van der Waals surface area contributed by atoms with E-state index < -0.39 is 0 Å². The fourth-order valence-electron chi connectivity index (χ4n) is 1.85. The van der Waals surface area contributed by atoms with Gasteiger partial charge in [0.2, 0.25) is 0 Å². The van der Waals surface area contributed by atoms with Crippen molar-refractivity contribution in [1.82, 2.24) is 0 Å². The lowest BCUT2D eigenvalue weighted by atomic mass is 10.1. The molecule has 0 fully saturated rings. The molecule has 0 atom stereocenters. The summed E-state index contributed by atoms with van der Waals surface area (Å²) < 4.78 is 12.0. The molecule has 0 bridgehead atoms. The lowest BCUT2D eigenvalue weighted by molar-refractivity contribution is 0.303. The number of hydrogen-bond donors (Lipinski definition) is 0. The largest absolute Gasteiger partial charge is 0.495 e. The van der Waals surface area contributed by atoms with Crippen LogP contribution in [0.1, 0.15) is 16.7 Å². The number of methoxy groups -OCH3 is 1. The highest BCUT2D eigenvalue weighted by Gasteiger charge is 2.05. The summed E-state index contributed by atoms with van der Waals surface area (Å²) in [6.45, 7) is 2.43. The molecule has 3 nitrogen and oxygen atoms in total. The summed E-state index contributed by atoms with van der Waals surface area (Å²) in [6.07, 6.45) is 0. The second-order valence-electron chi connectivity index (χ2n) is 4.34. The van der Waals surface area contributed by atoms with Gasteiger partial charge in [-0.25, -0.2) is 0 Å². The zero-order valence-corrected chi connectivity index (χ0v) is 12.9. The summed E-state index contributed by atoms with van der Waals surface area (Å²) in [5, 5.41) is 8.95. The second kappa shape index (κ2) is 6.44. The molecule has 0 radical (unpaired) electrons. The van der Waals surface area contributed by atoms with Crippen molar-refractivity contribution in [2.24, 2.45) is 0 Å². The maximum atomic E-state index is 8.95. The molecule has 2 aromatic rings. The van der Waals surface area contributed by atoms with Gasteiger partial charge in [0.1, 0.15) is 24.2 Å². The van der Waals surface area contributed by atoms with Gasteiger partial charge in [-0.1, -0.05) is 22.0 Å². The average Bonchev–Trinajstić information content (AvgIpc) is 2.46. The predicted molar refractivity (Wildman–Crippen MR) is 80.9 cm³/mol. The number of benzene rings is 2. The molecule has 0 spiro atoms. The summed E-state index contributed by atoms with van der Waals surface area (Å²) in [5.74, 6) is 1.41. The summed E-state index contributed by atoms with van der Waals surface area (Å²) in [4.78, 5) is 0. The summed E-state index contributed by atoms with van der Waals surface area (Å²) in [5.41, 5.74) is 2.55. The van der Waals surface area contributed by atoms with Crippen LogP contribution in [0, 0.1) is 18.3 Å². The van der Waals surface area contributed by atoms with Crippen LogP contribution in [0.5, 0.6) is 11.5 Å². The normalized spacial score (nSPS) is 9.90. The van der Waals surface area contributed by atoms with Crippen molar-refractivity contribution < 1.29 is 9.47 Å². The SMILES string of the molecule is COc1cc(COc2ccc(Br)cc2C)ccc1C#N. The lowest BCUT2D eigenvalue weighted by Crippen LogP contribution is -1.98. The van der Waals surface area contributed by atoms with E-state index in [1.807, 2.05) is 37.3 Å². The molecule has 2 aromatic carbocycles. The first kappa shape index (κ1) is 14.4. The van der Waals surface area contributed by atoms with Crippen LogP contribution in [0.3, 0.4) is 0 Å². The maximum absolute atomic E-state index is 8.95. The van der Waals surface area contributed by atoms with Crippen molar-refractivity contribution in [2.45, 2.75) is 13.5 Å². The van der Waals surface area contributed by atoms with Crippen molar-refractivity contribution in [1.29, 1.82) is 5.26 Å². The fraction of sp³-hybridized carbons (Fsp3) is 0.188. The molecule has 0 unspecified atom stereocenters. The lowest BCUT2D eigenvalue weighted by Gasteiger charge is -2.11. The Bertz CT molecular complexity index is 662. The third-order valence-corrected chi connectivity index (χ3v) is 3.41. The van der Waals surface area contributed by atoms with Crippen LogP contribution in [0.15, 0.2) is 40.9 Å². The van der Waals surface area contributed by atoms with Crippen LogP contribution >= 0.6 is 15.9 Å². The van der Waals surface area contributed by atoms with Crippen LogP contribution in [-0.2, 0) is 6.61 Å². The number of aryl methyl sites for hydroxylation is 1. The molecule has 0 amide bonds. The Labute approximate surface area is 126 Å². The minimum atomic E-state index is 0.435. The second-order valence-corrected chi connectivity index (χ2v) is 5.26. The van der Waals surface area contributed by atoms with Gasteiger partial charge < -0.3 is 9.47 Å². The minimum absolute atomic E-state index is 0.435. The van der Waals surface area contributed by atoms with Gasteiger partial charge in [-0.2, -0.15) is 5.26 Å². The topological polar surface area (TPSA) is 42.2 Å². The van der Waals surface area contributed by atoms with E-state index in [4.69, 9.17) is 14.7 Å². The Morgan fingerprint density at radius 1 is 1.15 bits per heavy atom. The third-order valence-electron chi connectivity index (χ3n) is 2.92. The van der Waals surface area contributed by atoms with E-state index in [9.17, 15) is 0 Å². The molecule has 0 saturated carbocycles. The van der Waals surface area contributed by atoms with Crippen LogP contribution < -0.4 is 9.47 Å². The molecule has 4 heteroatoms. The summed E-state index contributed by atoms with van der Waals surface area (Å²) in [7, 11) is 1.56. The molecule has 0 aliphatic carbocycles. The van der Waals surface area contributed by atoms with Gasteiger partial charge in [-0.05, 0) is 48.4 Å². The Morgan fingerprint density at radius 3 is 2.60 bits per heavy atom. The van der Waals surface area contributed by atoms with Gasteiger partial charge in [-0.3, -0.25) is 0 Å². The monoisotopic (exact) mass is 331 g/mol. The minimum Gasteiger partial charge on any atom is -0.495 e. The van der Waals surface area contributed by atoms with E-state index in [1.165, 1.54) is 0 Å². The highest BCUT2D eigenvalue weighted by atomic mass is 79.9. The highest BCUT2D eigenvalue weighted by Crippen LogP contribution is 2.24. The molecule has 0 N–H and O–H groups in total. The van der Waals surface area contributed by atoms with Crippen molar-refractivity contribution in [3.63, 3.8) is 0 Å². The predicted octanol–water partition coefficient (Wildman–Crippen LogP) is 4.22. The van der Waals surface area contributed by atoms with E-state index in [-0.39, 0.29) is 0 Å². The van der Waals surface area contributed by atoms with Gasteiger partial charge in [0.25, 0.3) is 0 Å². The van der Waals surface area contributed by atoms with Gasteiger partial charge in [0.15, 0.2) is 0 Å². The Morgan fingerprint density at radius 2 is 1.95 bits per heavy atom. The zero-order valence-electron chi connectivity index (χ0n) is 11.3. The van der Waals surface area contributed by atoms with Gasteiger partial charge >= 0.3 is 0 Å². The smallest absolute Gasteiger partial charge is 0.137 e. The van der Waals surface area contributed by atoms with E-state index in [1.54, 1.807) is 13.2 Å². The first-order valence-electron chi connectivity index (χ1n) is 6.10. The first-order chi connectivity index (χ1) is 9.63. The zero-order chi connectivity index (χ0) is 14.5. The highest BCUT2D eigenvalue weighted by molar-refractivity contribution is 9.10. The molecule has 0 saturated heterocycles. The molecule has 0 heterocycles. The van der Waals surface area contributed by atoms with Crippen LogP contribution in [-0.4, -0.2) is 7.11 Å². The average molecular weight is 332 g/mol. The molecule has 0 aliphatic rings. The van der Waals surface area contributed by atoms with E-state index in [2.05, 4.69) is 22.0 Å². The number of rotatable bonds is 4. The Kier molecular flexibility index (Phi) is 4.65. The number of nitriles is 1. The Hall–Kier alpha value is -1.99. The molecular formula is C16H14BrNO2. The van der Waals surface area contributed by atoms with Gasteiger partial charge in [0.05, 0.1) is 12.7 Å². The Balaban J connectivity index is 2.13. The van der Waals surface area contributed by atoms with E-state index in [0.717, 1.165) is 21.3 Å². The van der Waals surface area contributed by atoms with Gasteiger partial charge in [-0.15, -0.1) is 0 Å². The van der Waals surface area contributed by atoms with E-state index >= 15 is 0 Å². The van der Waals surface area contributed by atoms with Crippen LogP contribution in [0.25, 0.3) is 0 Å². The van der Waals surface area contributed by atoms with Crippen LogP contribution in [0.4, 0.5) is 0 Å². The molecule has 0 aliphatic heterocycles. The number of hydrogen-bond acceptors (Lipinski definition) is 3. The first-order valence-corrected chi connectivity index (χ1v) is 6.89. The van der Waals surface area contributed by atoms with Gasteiger partial charge in [0, 0.05) is 4.47 Å². The number of ether oxygens (including phenoxy) is 2. The summed E-state index contributed by atoms with van der Waals surface area (Å²) in [6, 6.07) is 13.4. The van der Waals surface area contributed by atoms with Crippen molar-refractivity contribution in [3.05, 3.63) is 57.6 Å². The van der Waals surface area contributed by atoms with E-state index in [0.29, 0.717) is 17.9 Å². The standard InChI is InChI=1S/C16H14BrNO2/c1-11-7-14(17)5-6-15(11)20-10-12-3-4-13(9-18)16(8-12)19-2/h3-8H,10H2,1-2H3.